The van der Waals surface area contributed by atoms with Gasteiger partial charge < -0.3 is 15.6 Å². The second-order valence-electron chi connectivity index (χ2n) is 7.36. The third-order valence-electron chi connectivity index (χ3n) is 5.09. The maximum atomic E-state index is 12.7. The number of hydrogen-bond acceptors (Lipinski definition) is 4. The van der Waals surface area contributed by atoms with Crippen LogP contribution >= 0.6 is 0 Å². The molecule has 6 nitrogen and oxygen atoms in total. The maximum Gasteiger partial charge on any atom is 0.270 e. The maximum absolute atomic E-state index is 12.7. The molecule has 4 rings (SSSR count). The fourth-order valence-corrected chi connectivity index (χ4v) is 3.51. The van der Waals surface area contributed by atoms with Crippen molar-refractivity contribution in [2.45, 2.75) is 26.3 Å². The van der Waals surface area contributed by atoms with Gasteiger partial charge in [-0.05, 0) is 43.5 Å². The fraction of sp³-hybridized carbons (Fsp3) is 0.208. The Morgan fingerprint density at radius 1 is 1.07 bits per heavy atom. The molecule has 4 aromatic rings. The summed E-state index contributed by atoms with van der Waals surface area (Å²) in [5.41, 5.74) is 4.53. The predicted molar refractivity (Wildman–Crippen MR) is 120 cm³/mol. The molecular weight excluding hydrogens is 374 g/mol. The molecule has 6 heteroatoms. The molecule has 1 unspecified atom stereocenters. The van der Waals surface area contributed by atoms with E-state index in [2.05, 4.69) is 31.7 Å². The smallest absolute Gasteiger partial charge is 0.270 e. The zero-order valence-electron chi connectivity index (χ0n) is 17.1. The van der Waals surface area contributed by atoms with E-state index in [4.69, 9.17) is 0 Å². The van der Waals surface area contributed by atoms with Gasteiger partial charge in [0.05, 0.1) is 6.04 Å². The summed E-state index contributed by atoms with van der Waals surface area (Å²) in [5, 5.41) is 7.44. The van der Waals surface area contributed by atoms with Gasteiger partial charge >= 0.3 is 0 Å². The van der Waals surface area contributed by atoms with Crippen molar-refractivity contribution in [3.63, 3.8) is 0 Å². The highest BCUT2D eigenvalue weighted by Crippen LogP contribution is 2.18. The number of carbonyl (C=O) groups excluding carboxylic acids is 1. The van der Waals surface area contributed by atoms with Crippen LogP contribution in [0.25, 0.3) is 10.9 Å². The molecular formula is C24H25N5O. The molecule has 0 fully saturated rings. The summed E-state index contributed by atoms with van der Waals surface area (Å²) < 4.78 is 0. The van der Waals surface area contributed by atoms with Crippen LogP contribution in [0.1, 0.15) is 40.3 Å². The Morgan fingerprint density at radius 3 is 2.67 bits per heavy atom. The van der Waals surface area contributed by atoms with Crippen molar-refractivity contribution in [1.82, 2.24) is 20.3 Å². The van der Waals surface area contributed by atoms with Gasteiger partial charge in [0.2, 0.25) is 5.95 Å². The van der Waals surface area contributed by atoms with Crippen LogP contribution in [-0.4, -0.2) is 27.4 Å². The highest BCUT2D eigenvalue weighted by atomic mass is 16.1. The minimum atomic E-state index is -0.198. The monoisotopic (exact) mass is 399 g/mol. The zero-order chi connectivity index (χ0) is 20.9. The lowest BCUT2D eigenvalue weighted by Crippen LogP contribution is -2.27. The van der Waals surface area contributed by atoms with E-state index in [-0.39, 0.29) is 11.9 Å². The average Bonchev–Trinajstić information content (AvgIpc) is 3.17. The van der Waals surface area contributed by atoms with Crippen molar-refractivity contribution in [1.29, 1.82) is 0 Å². The SMILES string of the molecule is Cc1cc(C(=O)NCCc2c[nH]c3ccccc23)nc(NC(C)c2ccccc2)n1. The van der Waals surface area contributed by atoms with E-state index >= 15 is 0 Å². The van der Waals surface area contributed by atoms with Crippen LogP contribution in [0, 0.1) is 6.92 Å². The Morgan fingerprint density at radius 2 is 1.83 bits per heavy atom. The molecule has 0 aliphatic carbocycles. The van der Waals surface area contributed by atoms with Crippen LogP contribution in [0.2, 0.25) is 0 Å². The minimum Gasteiger partial charge on any atom is -0.361 e. The van der Waals surface area contributed by atoms with Crippen molar-refractivity contribution in [3.8, 4) is 0 Å². The second kappa shape index (κ2) is 8.78. The van der Waals surface area contributed by atoms with Crippen molar-refractivity contribution in [3.05, 3.63) is 89.4 Å². The van der Waals surface area contributed by atoms with Gasteiger partial charge in [-0.1, -0.05) is 48.5 Å². The number of benzene rings is 2. The Bertz CT molecular complexity index is 1150. The summed E-state index contributed by atoms with van der Waals surface area (Å²) in [6, 6.07) is 20.0. The number of rotatable bonds is 7. The number of para-hydroxylation sites is 1. The topological polar surface area (TPSA) is 82.7 Å². The van der Waals surface area contributed by atoms with E-state index in [0.29, 0.717) is 18.2 Å². The van der Waals surface area contributed by atoms with Crippen molar-refractivity contribution < 1.29 is 4.79 Å². The van der Waals surface area contributed by atoms with E-state index in [0.717, 1.165) is 23.2 Å². The molecule has 1 atom stereocenters. The average molecular weight is 399 g/mol. The number of hydrogen-bond donors (Lipinski definition) is 3. The molecule has 0 aliphatic rings. The molecule has 0 spiro atoms. The third kappa shape index (κ3) is 4.49. The summed E-state index contributed by atoms with van der Waals surface area (Å²) in [6.07, 6.45) is 2.74. The van der Waals surface area contributed by atoms with Gasteiger partial charge in [-0.25, -0.2) is 9.97 Å². The number of amides is 1. The van der Waals surface area contributed by atoms with Gasteiger partial charge in [0.15, 0.2) is 0 Å². The number of fused-ring (bicyclic) bond motifs is 1. The number of nitrogens with zero attached hydrogens (tertiary/aromatic N) is 2. The molecule has 152 valence electrons. The molecule has 2 heterocycles. The Hall–Kier alpha value is -3.67. The predicted octanol–water partition coefficient (Wildman–Crippen LogP) is 4.41. The summed E-state index contributed by atoms with van der Waals surface area (Å²) >= 11 is 0. The second-order valence-corrected chi connectivity index (χ2v) is 7.36. The number of aryl methyl sites for hydroxylation is 1. The van der Waals surface area contributed by atoms with Crippen molar-refractivity contribution in [2.24, 2.45) is 0 Å². The highest BCUT2D eigenvalue weighted by Gasteiger charge is 2.13. The highest BCUT2D eigenvalue weighted by molar-refractivity contribution is 5.92. The number of aromatic amines is 1. The standard InChI is InChI=1S/C24H25N5O/c1-16-14-22(29-24(27-16)28-17(2)18-8-4-3-5-9-18)23(30)25-13-12-19-15-26-21-11-7-6-10-20(19)21/h3-11,14-15,17,26H,12-13H2,1-2H3,(H,25,30)(H,27,28,29). The van der Waals surface area contributed by atoms with E-state index in [1.807, 2.05) is 68.6 Å². The molecule has 0 bridgehead atoms. The van der Waals surface area contributed by atoms with Gasteiger partial charge in [-0.3, -0.25) is 4.79 Å². The molecule has 0 saturated carbocycles. The van der Waals surface area contributed by atoms with Gasteiger partial charge in [-0.15, -0.1) is 0 Å². The number of carbonyl (C=O) groups is 1. The van der Waals surface area contributed by atoms with Crippen LogP contribution in [0.3, 0.4) is 0 Å². The third-order valence-corrected chi connectivity index (χ3v) is 5.09. The summed E-state index contributed by atoms with van der Waals surface area (Å²) in [6.45, 7) is 4.44. The summed E-state index contributed by atoms with van der Waals surface area (Å²) in [5.74, 6) is 0.254. The number of nitrogens with one attached hydrogen (secondary N) is 3. The Labute approximate surface area is 175 Å². The molecule has 2 aromatic heterocycles. The van der Waals surface area contributed by atoms with Gasteiger partial charge in [0.1, 0.15) is 5.69 Å². The number of aromatic nitrogens is 3. The molecule has 30 heavy (non-hydrogen) atoms. The van der Waals surface area contributed by atoms with E-state index < -0.39 is 0 Å². The van der Waals surface area contributed by atoms with Crippen LogP contribution in [0.5, 0.6) is 0 Å². The Balaban J connectivity index is 1.40. The first-order chi connectivity index (χ1) is 14.6. The first-order valence-electron chi connectivity index (χ1n) is 10.1. The van der Waals surface area contributed by atoms with Crippen LogP contribution in [0.4, 0.5) is 5.95 Å². The molecule has 0 aliphatic heterocycles. The zero-order valence-corrected chi connectivity index (χ0v) is 17.1. The van der Waals surface area contributed by atoms with Gasteiger partial charge in [-0.2, -0.15) is 0 Å². The van der Waals surface area contributed by atoms with Crippen molar-refractivity contribution in [2.75, 3.05) is 11.9 Å². The largest absolute Gasteiger partial charge is 0.361 e. The fourth-order valence-electron chi connectivity index (χ4n) is 3.51. The molecule has 1 amide bonds. The van der Waals surface area contributed by atoms with E-state index in [1.165, 1.54) is 10.9 Å². The van der Waals surface area contributed by atoms with E-state index in [1.54, 1.807) is 6.07 Å². The lowest BCUT2D eigenvalue weighted by molar-refractivity contribution is 0.0949. The Kier molecular flexibility index (Phi) is 5.75. The summed E-state index contributed by atoms with van der Waals surface area (Å²) in [4.78, 5) is 24.8. The first-order valence-corrected chi connectivity index (χ1v) is 10.1. The van der Waals surface area contributed by atoms with E-state index in [9.17, 15) is 4.79 Å². The van der Waals surface area contributed by atoms with Crippen molar-refractivity contribution >= 4 is 22.8 Å². The number of anilines is 1. The van der Waals surface area contributed by atoms with Crippen LogP contribution < -0.4 is 10.6 Å². The van der Waals surface area contributed by atoms with Crippen LogP contribution in [0.15, 0.2) is 66.9 Å². The first kappa shape index (κ1) is 19.6. The molecule has 3 N–H and O–H groups in total. The summed E-state index contributed by atoms with van der Waals surface area (Å²) in [7, 11) is 0. The lowest BCUT2D eigenvalue weighted by atomic mass is 10.1. The minimum absolute atomic E-state index is 0.0331. The van der Waals surface area contributed by atoms with Gasteiger partial charge in [0, 0.05) is 29.3 Å². The lowest BCUT2D eigenvalue weighted by Gasteiger charge is -2.15. The normalized spacial score (nSPS) is 11.9. The quantitative estimate of drug-likeness (QED) is 0.430. The van der Waals surface area contributed by atoms with Crippen LogP contribution in [-0.2, 0) is 6.42 Å². The van der Waals surface area contributed by atoms with Gasteiger partial charge in [0.25, 0.3) is 5.91 Å². The molecule has 0 radical (unpaired) electrons. The molecule has 0 saturated heterocycles. The number of H-pyrrole nitrogens is 1. The molecule has 2 aromatic carbocycles.